The minimum Gasteiger partial charge on any atom is -0.359 e. The maximum Gasteiger partial charge on any atom is 0.312 e. The number of thiophene rings is 1. The van der Waals surface area contributed by atoms with E-state index in [9.17, 15) is 10.1 Å². The van der Waals surface area contributed by atoms with E-state index in [1.807, 2.05) is 11.4 Å². The highest BCUT2D eigenvalue weighted by molar-refractivity contribution is 9.10. The van der Waals surface area contributed by atoms with Gasteiger partial charge in [-0.1, -0.05) is 0 Å². The molecule has 2 aromatic rings. The Kier molecular flexibility index (Phi) is 4.31. The van der Waals surface area contributed by atoms with Crippen LogP contribution in [0.5, 0.6) is 0 Å². The van der Waals surface area contributed by atoms with Crippen LogP contribution >= 0.6 is 43.2 Å². The third-order valence-corrected chi connectivity index (χ3v) is 4.50. The summed E-state index contributed by atoms with van der Waals surface area (Å²) in [5, 5.41) is 15.8. The van der Waals surface area contributed by atoms with Gasteiger partial charge in [0.1, 0.15) is 0 Å². The van der Waals surface area contributed by atoms with Crippen LogP contribution in [-0.2, 0) is 6.54 Å². The van der Waals surface area contributed by atoms with Gasteiger partial charge in [0.15, 0.2) is 0 Å². The van der Waals surface area contributed by atoms with Crippen LogP contribution in [0.3, 0.4) is 0 Å². The normalized spacial score (nSPS) is 10.3. The molecular weight excluding hydrogens is 386 g/mol. The maximum atomic E-state index is 10.9. The van der Waals surface area contributed by atoms with Gasteiger partial charge in [0.25, 0.3) is 0 Å². The predicted octanol–water partition coefficient (Wildman–Crippen LogP) is 4.19. The van der Waals surface area contributed by atoms with E-state index in [0.717, 1.165) is 9.35 Å². The van der Waals surface area contributed by atoms with Gasteiger partial charge in [-0.2, -0.15) is 0 Å². The van der Waals surface area contributed by atoms with E-state index in [-0.39, 0.29) is 11.5 Å². The first kappa shape index (κ1) is 13.4. The van der Waals surface area contributed by atoms with Gasteiger partial charge < -0.3 is 5.32 Å². The summed E-state index contributed by atoms with van der Waals surface area (Å²) in [4.78, 5) is 15.5. The lowest BCUT2D eigenvalue weighted by Crippen LogP contribution is -2.04. The van der Waals surface area contributed by atoms with Gasteiger partial charge in [0.05, 0.1) is 11.5 Å². The zero-order valence-electron chi connectivity index (χ0n) is 8.89. The van der Waals surface area contributed by atoms with Gasteiger partial charge in [-0.3, -0.25) is 10.1 Å². The number of aromatic nitrogens is 1. The van der Waals surface area contributed by atoms with E-state index < -0.39 is 4.92 Å². The Labute approximate surface area is 124 Å². The zero-order chi connectivity index (χ0) is 13.1. The molecule has 5 nitrogen and oxygen atoms in total. The SMILES string of the molecule is O=[N+]([O-])c1cc(Br)cnc1NCc1sccc1Br. The van der Waals surface area contributed by atoms with Crippen molar-refractivity contribution in [3.05, 3.63) is 47.6 Å². The van der Waals surface area contributed by atoms with Crippen molar-refractivity contribution in [1.82, 2.24) is 4.98 Å². The van der Waals surface area contributed by atoms with E-state index >= 15 is 0 Å². The molecule has 0 aliphatic heterocycles. The molecule has 1 N–H and O–H groups in total. The Morgan fingerprint density at radius 3 is 2.89 bits per heavy atom. The van der Waals surface area contributed by atoms with E-state index in [2.05, 4.69) is 42.2 Å². The number of nitrogens with one attached hydrogen (secondary N) is 1. The second kappa shape index (κ2) is 5.77. The molecule has 2 heterocycles. The lowest BCUT2D eigenvalue weighted by molar-refractivity contribution is -0.384. The van der Waals surface area contributed by atoms with Gasteiger partial charge in [-0.05, 0) is 43.3 Å². The van der Waals surface area contributed by atoms with Crippen molar-refractivity contribution in [2.75, 3.05) is 5.32 Å². The average Bonchev–Trinajstić information content (AvgIpc) is 2.73. The van der Waals surface area contributed by atoms with Crippen LogP contribution in [0.1, 0.15) is 4.88 Å². The second-order valence-corrected chi connectivity index (χ2v) is 6.09. The molecule has 8 heteroatoms. The molecule has 2 aromatic heterocycles. The Balaban J connectivity index is 2.19. The fraction of sp³-hybridized carbons (Fsp3) is 0.100. The standard InChI is InChI=1S/C10H7Br2N3O2S/c11-6-3-8(15(16)17)10(13-4-6)14-5-9-7(12)1-2-18-9/h1-4H,5H2,(H,13,14). The van der Waals surface area contributed by atoms with Crippen LogP contribution in [0.2, 0.25) is 0 Å². The minimum absolute atomic E-state index is 0.0444. The monoisotopic (exact) mass is 391 g/mol. The zero-order valence-corrected chi connectivity index (χ0v) is 12.9. The summed E-state index contributed by atoms with van der Waals surface area (Å²) >= 11 is 8.14. The summed E-state index contributed by atoms with van der Waals surface area (Å²) in [5.41, 5.74) is -0.0444. The van der Waals surface area contributed by atoms with Crippen molar-refractivity contribution in [3.63, 3.8) is 0 Å². The lowest BCUT2D eigenvalue weighted by atomic mass is 10.4. The summed E-state index contributed by atoms with van der Waals surface area (Å²) in [6.07, 6.45) is 1.53. The molecule has 0 saturated carbocycles. The van der Waals surface area contributed by atoms with Gasteiger partial charge in [0.2, 0.25) is 5.82 Å². The number of anilines is 1. The average molecular weight is 393 g/mol. The third-order valence-electron chi connectivity index (χ3n) is 2.14. The van der Waals surface area contributed by atoms with Gasteiger partial charge >= 0.3 is 5.69 Å². The van der Waals surface area contributed by atoms with E-state index in [0.29, 0.717) is 11.0 Å². The maximum absolute atomic E-state index is 10.9. The van der Waals surface area contributed by atoms with Gasteiger partial charge in [-0.25, -0.2) is 4.98 Å². The summed E-state index contributed by atoms with van der Waals surface area (Å²) in [6.45, 7) is 0.494. The van der Waals surface area contributed by atoms with E-state index in [4.69, 9.17) is 0 Å². The Bertz CT molecular complexity index is 588. The largest absolute Gasteiger partial charge is 0.359 e. The first-order valence-electron chi connectivity index (χ1n) is 4.83. The minimum atomic E-state index is -0.455. The molecule has 0 unspecified atom stereocenters. The predicted molar refractivity (Wildman–Crippen MR) is 77.9 cm³/mol. The number of hydrogen-bond acceptors (Lipinski definition) is 5. The molecule has 94 valence electrons. The molecule has 0 bridgehead atoms. The lowest BCUT2D eigenvalue weighted by Gasteiger charge is -2.05. The van der Waals surface area contributed by atoms with Crippen LogP contribution in [0, 0.1) is 10.1 Å². The molecule has 0 saturated heterocycles. The molecule has 0 spiro atoms. The molecule has 2 rings (SSSR count). The van der Waals surface area contributed by atoms with Crippen LogP contribution < -0.4 is 5.32 Å². The van der Waals surface area contributed by atoms with Crippen LogP contribution in [-0.4, -0.2) is 9.91 Å². The quantitative estimate of drug-likeness (QED) is 0.625. The smallest absolute Gasteiger partial charge is 0.312 e. The number of nitrogens with zero attached hydrogens (tertiary/aromatic N) is 2. The van der Waals surface area contributed by atoms with E-state index in [1.54, 1.807) is 11.3 Å². The topological polar surface area (TPSA) is 68.1 Å². The van der Waals surface area contributed by atoms with Crippen LogP contribution in [0.25, 0.3) is 0 Å². The second-order valence-electron chi connectivity index (χ2n) is 3.32. The first-order valence-corrected chi connectivity index (χ1v) is 7.30. The molecule has 0 fully saturated rings. The van der Waals surface area contributed by atoms with Crippen molar-refractivity contribution in [3.8, 4) is 0 Å². The van der Waals surface area contributed by atoms with Gasteiger partial charge in [0, 0.05) is 26.1 Å². The summed E-state index contributed by atoms with van der Waals surface area (Å²) < 4.78 is 1.57. The summed E-state index contributed by atoms with van der Waals surface area (Å²) in [5.74, 6) is 0.267. The van der Waals surface area contributed by atoms with Crippen molar-refractivity contribution >= 4 is 54.7 Å². The van der Waals surface area contributed by atoms with Crippen molar-refractivity contribution in [2.45, 2.75) is 6.54 Å². The molecule has 18 heavy (non-hydrogen) atoms. The number of hydrogen-bond donors (Lipinski definition) is 1. The fourth-order valence-corrected chi connectivity index (χ4v) is 3.07. The molecule has 0 amide bonds. The highest BCUT2D eigenvalue weighted by Crippen LogP contribution is 2.28. The van der Waals surface area contributed by atoms with Crippen LogP contribution in [0.15, 0.2) is 32.7 Å². The third kappa shape index (κ3) is 3.06. The fourth-order valence-electron chi connectivity index (χ4n) is 1.32. The molecule has 0 atom stereocenters. The Morgan fingerprint density at radius 2 is 2.28 bits per heavy atom. The van der Waals surface area contributed by atoms with Crippen molar-refractivity contribution < 1.29 is 4.92 Å². The number of nitro groups is 1. The number of pyridine rings is 1. The van der Waals surface area contributed by atoms with Crippen molar-refractivity contribution in [1.29, 1.82) is 0 Å². The molecule has 0 aliphatic rings. The number of rotatable bonds is 4. The molecular formula is C10H7Br2N3O2S. The first-order chi connectivity index (χ1) is 8.58. The Morgan fingerprint density at radius 1 is 1.50 bits per heavy atom. The molecule has 0 aliphatic carbocycles. The van der Waals surface area contributed by atoms with Crippen LogP contribution in [0.4, 0.5) is 11.5 Å². The van der Waals surface area contributed by atoms with Gasteiger partial charge in [-0.15, -0.1) is 11.3 Å². The summed E-state index contributed by atoms with van der Waals surface area (Å²) in [6, 6.07) is 3.36. The highest BCUT2D eigenvalue weighted by atomic mass is 79.9. The molecule has 0 aromatic carbocycles. The summed E-state index contributed by atoms with van der Waals surface area (Å²) in [7, 11) is 0. The Hall–Kier alpha value is -0.990. The van der Waals surface area contributed by atoms with E-state index in [1.165, 1.54) is 12.3 Å². The molecule has 0 radical (unpaired) electrons. The number of halogens is 2. The highest BCUT2D eigenvalue weighted by Gasteiger charge is 2.16. The van der Waals surface area contributed by atoms with Crippen molar-refractivity contribution in [2.24, 2.45) is 0 Å².